The van der Waals surface area contributed by atoms with E-state index in [-0.39, 0.29) is 6.42 Å². The van der Waals surface area contributed by atoms with E-state index >= 15 is 0 Å². The Balaban J connectivity index is 2.36. The Bertz CT molecular complexity index is 639. The monoisotopic (exact) mass is 364 g/mol. The van der Waals surface area contributed by atoms with E-state index in [0.29, 0.717) is 15.5 Å². The molecule has 1 fully saturated rings. The number of alkyl halides is 3. The molecule has 0 aliphatic carbocycles. The summed E-state index contributed by atoms with van der Waals surface area (Å²) in [7, 11) is 0. The molecule has 0 radical (unpaired) electrons. The summed E-state index contributed by atoms with van der Waals surface area (Å²) in [6, 6.07) is 4.63. The normalized spacial score (nSPS) is 24.8. The molecule has 2 rings (SSSR count). The van der Waals surface area contributed by atoms with Crippen molar-refractivity contribution in [1.29, 1.82) is 0 Å². The first-order valence-corrected chi connectivity index (χ1v) is 7.58. The van der Waals surface area contributed by atoms with Gasteiger partial charge in [-0.15, -0.1) is 0 Å². The summed E-state index contributed by atoms with van der Waals surface area (Å²) in [5, 5.41) is 11.3. The third-order valence-electron chi connectivity index (χ3n) is 4.07. The first-order valence-electron chi connectivity index (χ1n) is 7.20. The lowest BCUT2D eigenvalue weighted by Gasteiger charge is -2.43. The lowest BCUT2D eigenvalue weighted by atomic mass is 9.82. The van der Waals surface area contributed by atoms with Gasteiger partial charge in [-0.1, -0.05) is 23.7 Å². The standard InChI is InChI=1S/C15H16ClF3N2O3/c1-8-11(9-3-2-4-10(16)5-9)6-12(20-14(23)24)13(22)21(8)7-15(17,18)19/h2-5,8,11-12,20H,6-7H2,1H3,(H,23,24)/t8-,11-,12+/m1/s1. The van der Waals surface area contributed by atoms with Gasteiger partial charge in [0.1, 0.15) is 12.6 Å². The zero-order chi connectivity index (χ0) is 18.1. The number of halogens is 4. The molecule has 5 nitrogen and oxygen atoms in total. The Kier molecular flexibility index (Phi) is 5.27. The van der Waals surface area contributed by atoms with Crippen LogP contribution in [0.1, 0.15) is 24.8 Å². The molecule has 24 heavy (non-hydrogen) atoms. The molecule has 0 spiro atoms. The quantitative estimate of drug-likeness (QED) is 0.865. The Morgan fingerprint density at radius 2 is 2.12 bits per heavy atom. The fraction of sp³-hybridized carbons (Fsp3) is 0.467. The molecule has 2 N–H and O–H groups in total. The third-order valence-corrected chi connectivity index (χ3v) is 4.30. The van der Waals surface area contributed by atoms with Crippen molar-refractivity contribution in [3.8, 4) is 0 Å². The molecule has 9 heteroatoms. The molecule has 1 saturated heterocycles. The van der Waals surface area contributed by atoms with E-state index in [1.807, 2.05) is 5.32 Å². The highest BCUT2D eigenvalue weighted by atomic mass is 35.5. The molecule has 3 atom stereocenters. The van der Waals surface area contributed by atoms with Crippen molar-refractivity contribution in [3.05, 3.63) is 34.9 Å². The second kappa shape index (κ2) is 6.88. The summed E-state index contributed by atoms with van der Waals surface area (Å²) in [6.07, 6.45) is -5.96. The van der Waals surface area contributed by atoms with Gasteiger partial charge in [0.05, 0.1) is 0 Å². The predicted octanol–water partition coefficient (Wildman–Crippen LogP) is 3.24. The second-order valence-electron chi connectivity index (χ2n) is 5.72. The number of hydrogen-bond acceptors (Lipinski definition) is 2. The van der Waals surface area contributed by atoms with Gasteiger partial charge in [0.25, 0.3) is 0 Å². The predicted molar refractivity (Wildman–Crippen MR) is 81.0 cm³/mol. The first-order chi connectivity index (χ1) is 11.1. The molecular weight excluding hydrogens is 349 g/mol. The maximum absolute atomic E-state index is 12.8. The maximum Gasteiger partial charge on any atom is 0.406 e. The van der Waals surface area contributed by atoms with Gasteiger partial charge in [-0.05, 0) is 31.0 Å². The molecule has 1 aliphatic rings. The number of carbonyl (C=O) groups excluding carboxylic acids is 1. The van der Waals surface area contributed by atoms with Crippen molar-refractivity contribution in [2.45, 2.75) is 37.5 Å². The molecule has 0 aromatic heterocycles. The van der Waals surface area contributed by atoms with Crippen LogP contribution in [0.4, 0.5) is 18.0 Å². The summed E-state index contributed by atoms with van der Waals surface area (Å²) >= 11 is 5.93. The lowest BCUT2D eigenvalue weighted by Crippen LogP contribution is -2.59. The number of rotatable bonds is 3. The van der Waals surface area contributed by atoms with Crippen LogP contribution in [0.15, 0.2) is 24.3 Å². The van der Waals surface area contributed by atoms with E-state index in [9.17, 15) is 22.8 Å². The zero-order valence-electron chi connectivity index (χ0n) is 12.7. The first kappa shape index (κ1) is 18.4. The molecule has 0 bridgehead atoms. The molecule has 1 aliphatic heterocycles. The lowest BCUT2D eigenvalue weighted by molar-refractivity contribution is -0.170. The van der Waals surface area contributed by atoms with E-state index in [1.165, 1.54) is 6.92 Å². The number of nitrogens with zero attached hydrogens (tertiary/aromatic N) is 1. The van der Waals surface area contributed by atoms with Crippen LogP contribution in [-0.2, 0) is 4.79 Å². The van der Waals surface area contributed by atoms with Crippen molar-refractivity contribution in [2.24, 2.45) is 0 Å². The Morgan fingerprint density at radius 3 is 2.67 bits per heavy atom. The van der Waals surface area contributed by atoms with E-state index in [4.69, 9.17) is 16.7 Å². The highest BCUT2D eigenvalue weighted by molar-refractivity contribution is 6.30. The average Bonchev–Trinajstić information content (AvgIpc) is 2.45. The minimum atomic E-state index is -4.58. The van der Waals surface area contributed by atoms with Crippen LogP contribution >= 0.6 is 11.6 Å². The number of benzene rings is 1. The van der Waals surface area contributed by atoms with Crippen molar-refractivity contribution < 1.29 is 27.9 Å². The number of carboxylic acid groups (broad SMARTS) is 1. The van der Waals surface area contributed by atoms with Gasteiger partial charge in [-0.2, -0.15) is 13.2 Å². The highest BCUT2D eigenvalue weighted by Crippen LogP contribution is 2.35. The van der Waals surface area contributed by atoms with Crippen LogP contribution in [0.5, 0.6) is 0 Å². The van der Waals surface area contributed by atoms with Crippen LogP contribution in [0, 0.1) is 0 Å². The Labute approximate surface area is 141 Å². The maximum atomic E-state index is 12.8. The smallest absolute Gasteiger partial charge is 0.406 e. The Morgan fingerprint density at radius 1 is 1.46 bits per heavy atom. The molecule has 1 aromatic rings. The van der Waals surface area contributed by atoms with Crippen molar-refractivity contribution in [1.82, 2.24) is 10.2 Å². The zero-order valence-corrected chi connectivity index (χ0v) is 13.4. The summed E-state index contributed by atoms with van der Waals surface area (Å²) in [6.45, 7) is 0.0913. The van der Waals surface area contributed by atoms with Crippen LogP contribution in [-0.4, -0.2) is 46.8 Å². The molecule has 2 amide bonds. The average molecular weight is 365 g/mol. The van der Waals surface area contributed by atoms with Gasteiger partial charge in [0.15, 0.2) is 0 Å². The van der Waals surface area contributed by atoms with Crippen LogP contribution < -0.4 is 5.32 Å². The molecular formula is C15H16ClF3N2O3. The fourth-order valence-electron chi connectivity index (χ4n) is 3.01. The molecule has 132 valence electrons. The summed E-state index contributed by atoms with van der Waals surface area (Å²) in [4.78, 5) is 23.8. The van der Waals surface area contributed by atoms with Crippen LogP contribution in [0.25, 0.3) is 0 Å². The van der Waals surface area contributed by atoms with Gasteiger partial charge >= 0.3 is 12.3 Å². The van der Waals surface area contributed by atoms with E-state index < -0.39 is 42.7 Å². The number of carbonyl (C=O) groups is 2. The van der Waals surface area contributed by atoms with Crippen molar-refractivity contribution in [2.75, 3.05) is 6.54 Å². The van der Waals surface area contributed by atoms with E-state index in [2.05, 4.69) is 0 Å². The third kappa shape index (κ3) is 4.31. The molecule has 0 unspecified atom stereocenters. The van der Waals surface area contributed by atoms with Crippen LogP contribution in [0.3, 0.4) is 0 Å². The second-order valence-corrected chi connectivity index (χ2v) is 6.16. The fourth-order valence-corrected chi connectivity index (χ4v) is 3.21. The van der Waals surface area contributed by atoms with E-state index in [0.717, 1.165) is 0 Å². The minimum absolute atomic E-state index is 0.0704. The van der Waals surface area contributed by atoms with Crippen molar-refractivity contribution >= 4 is 23.6 Å². The summed E-state index contributed by atoms with van der Waals surface area (Å²) < 4.78 is 38.5. The SMILES string of the molecule is C[C@@H]1[C@H](c2cccc(Cl)c2)C[C@H](NC(=O)O)C(=O)N1CC(F)(F)F. The molecule has 1 aromatic carbocycles. The topological polar surface area (TPSA) is 69.6 Å². The number of hydrogen-bond donors (Lipinski definition) is 2. The number of piperidine rings is 1. The molecule has 1 heterocycles. The number of amides is 2. The van der Waals surface area contributed by atoms with Gasteiger partial charge < -0.3 is 15.3 Å². The number of likely N-dealkylation sites (tertiary alicyclic amines) is 1. The van der Waals surface area contributed by atoms with Gasteiger partial charge in [-0.25, -0.2) is 4.79 Å². The molecule has 0 saturated carbocycles. The highest BCUT2D eigenvalue weighted by Gasteiger charge is 2.45. The van der Waals surface area contributed by atoms with E-state index in [1.54, 1.807) is 24.3 Å². The summed E-state index contributed by atoms with van der Waals surface area (Å²) in [5.74, 6) is -1.35. The van der Waals surface area contributed by atoms with Crippen LogP contribution in [0.2, 0.25) is 5.02 Å². The summed E-state index contributed by atoms with van der Waals surface area (Å²) in [5.41, 5.74) is 0.659. The van der Waals surface area contributed by atoms with Gasteiger partial charge in [-0.3, -0.25) is 4.79 Å². The largest absolute Gasteiger partial charge is 0.465 e. The minimum Gasteiger partial charge on any atom is -0.465 e. The number of nitrogens with one attached hydrogen (secondary N) is 1. The van der Waals surface area contributed by atoms with Gasteiger partial charge in [0.2, 0.25) is 5.91 Å². The van der Waals surface area contributed by atoms with Gasteiger partial charge in [0, 0.05) is 17.0 Å². The van der Waals surface area contributed by atoms with Crippen molar-refractivity contribution in [3.63, 3.8) is 0 Å². The Hall–Kier alpha value is -1.96.